The van der Waals surface area contributed by atoms with Crippen molar-refractivity contribution in [1.82, 2.24) is 19.8 Å². The fourth-order valence-corrected chi connectivity index (χ4v) is 4.03. The lowest BCUT2D eigenvalue weighted by Gasteiger charge is -2.43. The topological polar surface area (TPSA) is 93.5 Å². The van der Waals surface area contributed by atoms with Gasteiger partial charge in [-0.05, 0) is 25.0 Å². The van der Waals surface area contributed by atoms with E-state index in [0.717, 1.165) is 16.7 Å². The maximum Gasteiger partial charge on any atom is 0.359 e. The van der Waals surface area contributed by atoms with Gasteiger partial charge < -0.3 is 19.5 Å². The molecule has 0 saturated heterocycles. The molecule has 1 aromatic heterocycles. The molecule has 33 heavy (non-hydrogen) atoms. The number of esters is 1. The number of nitrogens with one attached hydrogen (secondary N) is 1. The van der Waals surface area contributed by atoms with Crippen LogP contribution in [0.25, 0.3) is 0 Å². The number of fused-ring (bicyclic) bond motifs is 1. The van der Waals surface area contributed by atoms with E-state index in [2.05, 4.69) is 10.3 Å². The van der Waals surface area contributed by atoms with Gasteiger partial charge in [-0.15, -0.1) is 0 Å². The number of carbonyl (C=O) groups excluding carboxylic acids is 3. The second-order valence-electron chi connectivity index (χ2n) is 8.38. The molecular weight excluding hydrogens is 420 g/mol. The lowest BCUT2D eigenvalue weighted by atomic mass is 9.93. The van der Waals surface area contributed by atoms with Crippen molar-refractivity contribution >= 4 is 17.8 Å². The number of carbonyl (C=O) groups is 3. The Bertz CT molecular complexity index is 1190. The first-order chi connectivity index (χ1) is 15.8. The van der Waals surface area contributed by atoms with Gasteiger partial charge in [-0.1, -0.05) is 60.2 Å². The van der Waals surface area contributed by atoms with Crippen LogP contribution < -0.4 is 5.32 Å². The van der Waals surface area contributed by atoms with Crippen LogP contribution in [0, 0.1) is 6.92 Å². The number of benzene rings is 2. The minimum absolute atomic E-state index is 0.0526. The molecule has 1 aliphatic heterocycles. The van der Waals surface area contributed by atoms with E-state index < -0.39 is 17.4 Å². The fourth-order valence-electron chi connectivity index (χ4n) is 4.03. The Labute approximate surface area is 192 Å². The largest absolute Gasteiger partial charge is 0.464 e. The average molecular weight is 447 g/mol. The Kier molecular flexibility index (Phi) is 6.00. The van der Waals surface area contributed by atoms with Gasteiger partial charge in [-0.2, -0.15) is 0 Å². The lowest BCUT2D eigenvalue weighted by Crippen LogP contribution is -2.63. The van der Waals surface area contributed by atoms with Crippen molar-refractivity contribution in [3.63, 3.8) is 0 Å². The first kappa shape index (κ1) is 22.3. The number of aromatic nitrogens is 2. The zero-order valence-electron chi connectivity index (χ0n) is 18.9. The highest BCUT2D eigenvalue weighted by Crippen LogP contribution is 2.31. The number of amides is 2. The summed E-state index contributed by atoms with van der Waals surface area (Å²) in [6.45, 7) is 4.43. The number of imidazole rings is 1. The fraction of sp³-hybridized carbons (Fsp3) is 0.280. The second-order valence-corrected chi connectivity index (χ2v) is 8.38. The number of nitrogens with zero attached hydrogens (tertiary/aromatic N) is 3. The van der Waals surface area contributed by atoms with Crippen molar-refractivity contribution in [2.24, 2.45) is 0 Å². The summed E-state index contributed by atoms with van der Waals surface area (Å²) in [5.41, 5.74) is 1.81. The van der Waals surface area contributed by atoms with Gasteiger partial charge in [-0.25, -0.2) is 9.78 Å². The van der Waals surface area contributed by atoms with E-state index in [4.69, 9.17) is 4.74 Å². The van der Waals surface area contributed by atoms with Crippen molar-refractivity contribution in [3.8, 4) is 0 Å². The van der Waals surface area contributed by atoms with Crippen molar-refractivity contribution in [2.75, 3.05) is 7.11 Å². The van der Waals surface area contributed by atoms with E-state index in [1.807, 2.05) is 61.5 Å². The second kappa shape index (κ2) is 8.90. The minimum atomic E-state index is -1.20. The number of hydrogen-bond acceptors (Lipinski definition) is 5. The third kappa shape index (κ3) is 4.24. The molecule has 2 aromatic carbocycles. The molecule has 1 aliphatic rings. The highest BCUT2D eigenvalue weighted by atomic mass is 16.5. The van der Waals surface area contributed by atoms with Crippen LogP contribution in [0.15, 0.2) is 60.9 Å². The predicted molar refractivity (Wildman–Crippen MR) is 121 cm³/mol. The Morgan fingerprint density at radius 3 is 2.45 bits per heavy atom. The van der Waals surface area contributed by atoms with E-state index in [1.165, 1.54) is 18.3 Å². The maximum atomic E-state index is 13.7. The summed E-state index contributed by atoms with van der Waals surface area (Å²) >= 11 is 0. The van der Waals surface area contributed by atoms with Crippen LogP contribution in [0.1, 0.15) is 44.6 Å². The average Bonchev–Trinajstić information content (AvgIpc) is 3.25. The lowest BCUT2D eigenvalue weighted by molar-refractivity contribution is -0.133. The van der Waals surface area contributed by atoms with E-state index in [0.29, 0.717) is 6.54 Å². The quantitative estimate of drug-likeness (QED) is 0.588. The first-order valence-corrected chi connectivity index (χ1v) is 10.7. The monoisotopic (exact) mass is 446 g/mol. The summed E-state index contributed by atoms with van der Waals surface area (Å²) < 4.78 is 6.36. The van der Waals surface area contributed by atoms with Gasteiger partial charge in [0.25, 0.3) is 5.91 Å². The van der Waals surface area contributed by atoms with Gasteiger partial charge >= 0.3 is 5.97 Å². The summed E-state index contributed by atoms with van der Waals surface area (Å²) in [7, 11) is 1.24. The highest BCUT2D eigenvalue weighted by molar-refractivity contribution is 6.06. The molecule has 1 N–H and O–H groups in total. The summed E-state index contributed by atoms with van der Waals surface area (Å²) in [5.74, 6) is -1.42. The number of rotatable bonds is 6. The summed E-state index contributed by atoms with van der Waals surface area (Å²) in [5, 5.41) is 2.97. The van der Waals surface area contributed by atoms with Gasteiger partial charge in [0.1, 0.15) is 11.2 Å². The molecule has 170 valence electrons. The summed E-state index contributed by atoms with van der Waals surface area (Å²) in [4.78, 5) is 44.9. The van der Waals surface area contributed by atoms with Crippen LogP contribution in [0.5, 0.6) is 0 Å². The van der Waals surface area contributed by atoms with Crippen LogP contribution >= 0.6 is 0 Å². The van der Waals surface area contributed by atoms with Gasteiger partial charge in [-0.3, -0.25) is 9.59 Å². The van der Waals surface area contributed by atoms with E-state index in [9.17, 15) is 14.4 Å². The smallest absolute Gasteiger partial charge is 0.359 e. The molecule has 8 nitrogen and oxygen atoms in total. The number of hydrogen-bond donors (Lipinski definition) is 1. The predicted octanol–water partition coefficient (Wildman–Crippen LogP) is 2.71. The molecule has 0 bridgehead atoms. The Hall–Kier alpha value is -3.94. The van der Waals surface area contributed by atoms with Crippen LogP contribution in [0.2, 0.25) is 0 Å². The molecule has 0 fully saturated rings. The van der Waals surface area contributed by atoms with Gasteiger partial charge in [0.2, 0.25) is 5.91 Å². The highest BCUT2D eigenvalue weighted by Gasteiger charge is 2.48. The molecule has 1 atom stereocenters. The van der Waals surface area contributed by atoms with Gasteiger partial charge in [0.05, 0.1) is 20.0 Å². The molecule has 0 spiro atoms. The van der Waals surface area contributed by atoms with E-state index >= 15 is 0 Å². The van der Waals surface area contributed by atoms with Crippen molar-refractivity contribution < 1.29 is 19.1 Å². The van der Waals surface area contributed by atoms with Gasteiger partial charge in [0, 0.05) is 13.1 Å². The zero-order chi connectivity index (χ0) is 23.6. The van der Waals surface area contributed by atoms with Crippen LogP contribution in [-0.2, 0) is 29.2 Å². The molecule has 4 rings (SSSR count). The van der Waals surface area contributed by atoms with E-state index in [1.54, 1.807) is 11.5 Å². The maximum absolute atomic E-state index is 13.7. The molecule has 0 saturated carbocycles. The summed E-state index contributed by atoms with van der Waals surface area (Å²) in [6, 6.07) is 17.4. The van der Waals surface area contributed by atoms with Crippen molar-refractivity contribution in [3.05, 3.63) is 89.0 Å². The van der Waals surface area contributed by atoms with Crippen molar-refractivity contribution in [1.29, 1.82) is 0 Å². The Morgan fingerprint density at radius 1 is 1.09 bits per heavy atom. The molecule has 0 aliphatic carbocycles. The third-order valence-corrected chi connectivity index (χ3v) is 5.98. The van der Waals surface area contributed by atoms with Crippen LogP contribution in [0.4, 0.5) is 0 Å². The number of ether oxygens (including phenoxy) is 1. The normalized spacial score (nSPS) is 17.4. The number of aryl methyl sites for hydroxylation is 1. The molecular formula is C25H26N4O4. The van der Waals surface area contributed by atoms with Crippen molar-refractivity contribution in [2.45, 2.75) is 39.0 Å². The molecule has 3 aromatic rings. The molecule has 0 radical (unpaired) electrons. The summed E-state index contributed by atoms with van der Waals surface area (Å²) in [6.07, 6.45) is 1.41. The molecule has 2 amide bonds. The Balaban J connectivity index is 1.69. The van der Waals surface area contributed by atoms with Crippen LogP contribution in [0.3, 0.4) is 0 Å². The number of methoxy groups -OCH3 is 1. The first-order valence-electron chi connectivity index (χ1n) is 10.7. The minimum Gasteiger partial charge on any atom is -0.464 e. The van der Waals surface area contributed by atoms with E-state index in [-0.39, 0.29) is 30.4 Å². The zero-order valence-corrected chi connectivity index (χ0v) is 18.9. The SMILES string of the molecule is COC(=O)c1ncn2c1C(=O)N(Cc1ccc(C)cc1)[C@](C)(C(=O)NCc1ccccc1)C2. The molecule has 8 heteroatoms. The Morgan fingerprint density at radius 2 is 1.79 bits per heavy atom. The molecule has 2 heterocycles. The van der Waals surface area contributed by atoms with Gasteiger partial charge in [0.15, 0.2) is 5.69 Å². The van der Waals surface area contributed by atoms with Crippen LogP contribution in [-0.4, -0.2) is 44.9 Å². The third-order valence-electron chi connectivity index (χ3n) is 5.98. The molecule has 0 unspecified atom stereocenters. The standard InChI is InChI=1S/C25H26N4O4/c1-17-9-11-19(12-10-17)14-29-22(30)21-20(23(31)33-3)27-16-28(21)15-25(29,2)24(32)26-13-18-7-5-4-6-8-18/h4-12,16H,13-15H2,1-3H3,(H,26,32)/t25-/m0/s1.